The van der Waals surface area contributed by atoms with Gasteiger partial charge in [-0.2, -0.15) is 0 Å². The van der Waals surface area contributed by atoms with Crippen LogP contribution in [0, 0.1) is 30.3 Å². The second-order valence-electron chi connectivity index (χ2n) is 3.56. The first-order chi connectivity index (χ1) is 11.5. The van der Waals surface area contributed by atoms with Crippen LogP contribution in [0.5, 0.6) is 0 Å². The molecule has 0 aromatic heterocycles. The molecule has 0 aliphatic rings. The molecule has 25 heavy (non-hydrogen) atoms. The lowest BCUT2D eigenvalue weighted by atomic mass is 9.96. The maximum Gasteiger partial charge on any atom is 0.375 e. The van der Waals surface area contributed by atoms with Gasteiger partial charge in [-0.25, -0.2) is 14.4 Å². The summed E-state index contributed by atoms with van der Waals surface area (Å²) in [4.78, 5) is 83.2. The van der Waals surface area contributed by atoms with Crippen molar-refractivity contribution in [1.29, 1.82) is 0 Å². The lowest BCUT2D eigenvalue weighted by Gasteiger charge is -2.21. The molecule has 0 atom stereocenters. The molecule has 0 radical (unpaired) electrons. The second-order valence-corrected chi connectivity index (χ2v) is 3.56. The van der Waals surface area contributed by atoms with Gasteiger partial charge >= 0.3 is 33.2 Å². The largest absolute Gasteiger partial charge is 0.377 e. The first-order valence-corrected chi connectivity index (χ1v) is 5.26. The number of aliphatic hydroxyl groups is 1. The fourth-order valence-corrected chi connectivity index (χ4v) is 1.03. The normalized spacial score (nSPS) is 9.96. The van der Waals surface area contributed by atoms with Gasteiger partial charge in [0, 0.05) is 0 Å². The predicted molar refractivity (Wildman–Crippen MR) is 56.7 cm³/mol. The Balaban J connectivity index is 5.06. The van der Waals surface area contributed by atoms with Crippen molar-refractivity contribution in [2.24, 2.45) is 0 Å². The Morgan fingerprint density at radius 3 is 1.40 bits per heavy atom. The fraction of sp³-hybridized carbons (Fsp3) is 0.500. The van der Waals surface area contributed by atoms with E-state index in [0.717, 1.165) is 0 Å². The van der Waals surface area contributed by atoms with Crippen LogP contribution in [0.15, 0.2) is 0 Å². The quantitative estimate of drug-likeness (QED) is 0.222. The number of hydrogen-bond donors (Lipinski definition) is 1. The van der Waals surface area contributed by atoms with Gasteiger partial charge < -0.3 is 5.11 Å². The molecule has 0 rings (SSSR count). The third-order valence-corrected chi connectivity index (χ3v) is 1.81. The molecule has 0 aromatic carbocycles. The third kappa shape index (κ3) is 8.87. The predicted octanol–water partition coefficient (Wildman–Crippen LogP) is -2.50. The topological polar surface area (TPSA) is 256 Å². The Morgan fingerprint density at radius 1 is 0.760 bits per heavy atom. The SMILES string of the molecule is O=C(CC(O)(CC(=O)OO[N+](=O)[O-])C(=O)OO[N+](=O)[O-])OO[N+](=O)[O-]. The maximum absolute atomic E-state index is 11.5. The van der Waals surface area contributed by atoms with Crippen LogP contribution < -0.4 is 0 Å². The molecule has 0 aromatic rings. The van der Waals surface area contributed by atoms with E-state index in [4.69, 9.17) is 0 Å². The summed E-state index contributed by atoms with van der Waals surface area (Å²) in [5, 5.41) is 34.5. The van der Waals surface area contributed by atoms with E-state index in [0.29, 0.717) is 0 Å². The summed E-state index contributed by atoms with van der Waals surface area (Å²) in [7, 11) is 0. The minimum atomic E-state index is -3.33. The number of hydrogen-bond acceptors (Lipinski definition) is 16. The Morgan fingerprint density at radius 2 is 1.08 bits per heavy atom. The summed E-state index contributed by atoms with van der Waals surface area (Å²) in [6.45, 7) is 0. The molecule has 0 aliphatic heterocycles. The summed E-state index contributed by atoms with van der Waals surface area (Å²) < 4.78 is 0. The fourth-order valence-electron chi connectivity index (χ4n) is 1.03. The standard InChI is InChI=1S/C6H5N3O16/c10-3(20-23-7(14)15)1-6(13,5(12)22-25-9(18)19)2-4(11)21-24-8(16)17/h13H,1-2H2. The smallest absolute Gasteiger partial charge is 0.375 e. The molecule has 0 heterocycles. The van der Waals surface area contributed by atoms with Gasteiger partial charge in [0.25, 0.3) is 0 Å². The summed E-state index contributed by atoms with van der Waals surface area (Å²) in [5.41, 5.74) is -3.33. The first-order valence-electron chi connectivity index (χ1n) is 5.26. The molecular weight excluding hydrogens is 370 g/mol. The number of rotatable bonds is 11. The van der Waals surface area contributed by atoms with Gasteiger partial charge in [0.15, 0.2) is 5.60 Å². The van der Waals surface area contributed by atoms with E-state index in [1.807, 2.05) is 0 Å². The van der Waals surface area contributed by atoms with Crippen molar-refractivity contribution in [2.45, 2.75) is 18.4 Å². The van der Waals surface area contributed by atoms with Crippen molar-refractivity contribution in [2.75, 3.05) is 0 Å². The van der Waals surface area contributed by atoms with Gasteiger partial charge in [-0.05, 0) is 0 Å². The molecule has 140 valence electrons. The van der Waals surface area contributed by atoms with Crippen molar-refractivity contribution in [3.8, 4) is 0 Å². The highest BCUT2D eigenvalue weighted by molar-refractivity contribution is 5.89. The van der Waals surface area contributed by atoms with Crippen molar-refractivity contribution in [1.82, 2.24) is 0 Å². The molecular formula is C6H5N3O16. The zero-order valence-corrected chi connectivity index (χ0v) is 11.3. The molecule has 0 fully saturated rings. The van der Waals surface area contributed by atoms with E-state index in [1.54, 1.807) is 0 Å². The second kappa shape index (κ2) is 9.19. The van der Waals surface area contributed by atoms with E-state index in [-0.39, 0.29) is 0 Å². The molecule has 0 unspecified atom stereocenters. The highest BCUT2D eigenvalue weighted by Crippen LogP contribution is 2.20. The van der Waals surface area contributed by atoms with Crippen LogP contribution in [0.25, 0.3) is 0 Å². The van der Waals surface area contributed by atoms with E-state index >= 15 is 0 Å². The minimum Gasteiger partial charge on any atom is -0.377 e. The number of carbonyl (C=O) groups excluding carboxylic acids is 3. The van der Waals surface area contributed by atoms with Gasteiger partial charge in [-0.1, -0.05) is 15.0 Å². The van der Waals surface area contributed by atoms with Gasteiger partial charge in [0.1, 0.15) is 0 Å². The van der Waals surface area contributed by atoms with E-state index in [9.17, 15) is 49.8 Å². The van der Waals surface area contributed by atoms with E-state index in [2.05, 4.69) is 29.6 Å². The summed E-state index contributed by atoms with van der Waals surface area (Å²) in [6.07, 6.45) is -3.23. The summed E-state index contributed by atoms with van der Waals surface area (Å²) >= 11 is 0. The van der Waals surface area contributed by atoms with Gasteiger partial charge in [-0.15, -0.1) is 30.3 Å². The average Bonchev–Trinajstić information content (AvgIpc) is 2.48. The molecule has 1 N–H and O–H groups in total. The van der Waals surface area contributed by atoms with Gasteiger partial charge in [0.2, 0.25) is 0 Å². The number of carbonyl (C=O) groups is 3. The van der Waals surface area contributed by atoms with E-state index < -0.39 is 51.6 Å². The molecule has 0 amide bonds. The Kier molecular flexibility index (Phi) is 7.71. The first kappa shape index (κ1) is 21.0. The lowest BCUT2D eigenvalue weighted by molar-refractivity contribution is -0.840. The van der Waals surface area contributed by atoms with Crippen LogP contribution in [0.4, 0.5) is 0 Å². The molecule has 0 aliphatic carbocycles. The van der Waals surface area contributed by atoms with Crippen molar-refractivity contribution in [3.63, 3.8) is 0 Å². The summed E-state index contributed by atoms with van der Waals surface area (Å²) in [5.74, 6) is -5.80. The highest BCUT2D eigenvalue weighted by atomic mass is 17.4. The van der Waals surface area contributed by atoms with Gasteiger partial charge in [0.05, 0.1) is 12.8 Å². The molecule has 0 bridgehead atoms. The van der Waals surface area contributed by atoms with Crippen LogP contribution in [0.1, 0.15) is 12.8 Å². The molecule has 19 nitrogen and oxygen atoms in total. The monoisotopic (exact) mass is 375 g/mol. The van der Waals surface area contributed by atoms with Crippen molar-refractivity contribution < 1.29 is 64.4 Å². The molecule has 19 heteroatoms. The van der Waals surface area contributed by atoms with Crippen LogP contribution in [-0.2, 0) is 44.0 Å². The Bertz CT molecular complexity index is 538. The third-order valence-electron chi connectivity index (χ3n) is 1.81. The van der Waals surface area contributed by atoms with Crippen LogP contribution in [0.3, 0.4) is 0 Å². The highest BCUT2D eigenvalue weighted by Gasteiger charge is 2.45. The van der Waals surface area contributed by atoms with Crippen LogP contribution in [-0.4, -0.2) is 43.9 Å². The lowest BCUT2D eigenvalue weighted by Crippen LogP contribution is -2.45. The molecule has 0 saturated heterocycles. The Labute approximate surface area is 132 Å². The molecule has 0 spiro atoms. The molecule has 0 saturated carbocycles. The maximum atomic E-state index is 11.5. The summed E-state index contributed by atoms with van der Waals surface area (Å²) in [6, 6.07) is 0. The Hall–Kier alpha value is -4.03. The zero-order valence-electron chi connectivity index (χ0n) is 11.3. The van der Waals surface area contributed by atoms with Crippen LogP contribution in [0.2, 0.25) is 0 Å². The average molecular weight is 375 g/mol. The zero-order chi connectivity index (χ0) is 19.6. The van der Waals surface area contributed by atoms with Gasteiger partial charge in [-0.3, -0.25) is 14.7 Å². The van der Waals surface area contributed by atoms with Crippen LogP contribution >= 0.6 is 0 Å². The van der Waals surface area contributed by atoms with Crippen molar-refractivity contribution >= 4 is 17.9 Å². The van der Waals surface area contributed by atoms with Crippen molar-refractivity contribution in [3.05, 3.63) is 30.3 Å². The minimum absolute atomic E-state index is 1.61. The number of nitrogens with zero attached hydrogens (tertiary/aromatic N) is 3. The van der Waals surface area contributed by atoms with E-state index in [1.165, 1.54) is 0 Å².